The third-order valence-electron chi connectivity index (χ3n) is 2.17. The maximum atomic E-state index is 11.6. The molecule has 0 fully saturated rings. The molecule has 1 aliphatic carbocycles. The Balaban J connectivity index is 2.52. The van der Waals surface area contributed by atoms with Crippen LogP contribution in [0.25, 0.3) is 5.57 Å². The summed E-state index contributed by atoms with van der Waals surface area (Å²) in [4.78, 5) is 22.8. The van der Waals surface area contributed by atoms with Crippen molar-refractivity contribution in [2.45, 2.75) is 0 Å². The molecule has 16 heavy (non-hydrogen) atoms. The smallest absolute Gasteiger partial charge is 0.186 e. The summed E-state index contributed by atoms with van der Waals surface area (Å²) in [6.45, 7) is 0. The molecule has 80 valence electrons. The molecule has 0 bridgehead atoms. The first-order chi connectivity index (χ1) is 7.58. The number of ketones is 2. The van der Waals surface area contributed by atoms with Crippen molar-refractivity contribution < 1.29 is 9.59 Å². The van der Waals surface area contributed by atoms with Crippen molar-refractivity contribution in [1.29, 1.82) is 0 Å². The fourth-order valence-electron chi connectivity index (χ4n) is 1.43. The largest absolute Gasteiger partial charge is 0.290 e. The molecule has 0 heterocycles. The fourth-order valence-corrected chi connectivity index (χ4v) is 1.94. The lowest BCUT2D eigenvalue weighted by Gasteiger charge is -2.09. The summed E-state index contributed by atoms with van der Waals surface area (Å²) in [6.07, 6.45) is 3.75. The molecule has 0 saturated carbocycles. The first-order valence-electron chi connectivity index (χ1n) is 4.51. The van der Waals surface area contributed by atoms with Crippen LogP contribution in [0.4, 0.5) is 0 Å². The van der Waals surface area contributed by atoms with Crippen LogP contribution in [0.2, 0.25) is 10.0 Å². The first-order valence-corrected chi connectivity index (χ1v) is 5.27. The number of hydrogen-bond donors (Lipinski definition) is 0. The van der Waals surface area contributed by atoms with E-state index in [4.69, 9.17) is 23.2 Å². The highest BCUT2D eigenvalue weighted by atomic mass is 35.5. The van der Waals surface area contributed by atoms with Gasteiger partial charge in [0.05, 0.1) is 5.02 Å². The monoisotopic (exact) mass is 252 g/mol. The van der Waals surface area contributed by atoms with Gasteiger partial charge in [0.15, 0.2) is 11.6 Å². The second-order valence-corrected chi connectivity index (χ2v) is 4.13. The van der Waals surface area contributed by atoms with Gasteiger partial charge in [-0.05, 0) is 30.4 Å². The number of carbonyl (C=O) groups excluding carboxylic acids is 2. The molecule has 0 aliphatic heterocycles. The average molecular weight is 253 g/mol. The lowest BCUT2D eigenvalue weighted by Crippen LogP contribution is -2.06. The van der Waals surface area contributed by atoms with Crippen molar-refractivity contribution in [2.24, 2.45) is 0 Å². The van der Waals surface area contributed by atoms with Crippen LogP contribution in [-0.2, 0) is 9.59 Å². The number of halogens is 2. The van der Waals surface area contributed by atoms with Crippen LogP contribution in [0.5, 0.6) is 0 Å². The van der Waals surface area contributed by atoms with E-state index in [1.807, 2.05) is 0 Å². The van der Waals surface area contributed by atoms with Gasteiger partial charge in [-0.1, -0.05) is 29.3 Å². The Hall–Kier alpha value is -1.38. The van der Waals surface area contributed by atoms with Gasteiger partial charge in [-0.2, -0.15) is 0 Å². The Kier molecular flexibility index (Phi) is 2.95. The molecule has 4 heteroatoms. The summed E-state index contributed by atoms with van der Waals surface area (Å²) in [7, 11) is 0. The predicted molar refractivity (Wildman–Crippen MR) is 63.6 cm³/mol. The lowest BCUT2D eigenvalue weighted by molar-refractivity contribution is -0.113. The van der Waals surface area contributed by atoms with E-state index in [2.05, 4.69) is 0 Å². The van der Waals surface area contributed by atoms with Gasteiger partial charge in [-0.15, -0.1) is 0 Å². The molecule has 0 atom stereocenters. The Bertz CT molecular complexity index is 542. The normalized spacial score (nSPS) is 15.2. The summed E-state index contributed by atoms with van der Waals surface area (Å²) in [5.41, 5.74) is 0.822. The van der Waals surface area contributed by atoms with E-state index < -0.39 is 0 Å². The highest BCUT2D eigenvalue weighted by molar-refractivity contribution is 6.40. The summed E-state index contributed by atoms with van der Waals surface area (Å²) in [5.74, 6) is -0.454. The Morgan fingerprint density at radius 2 is 1.75 bits per heavy atom. The van der Waals surface area contributed by atoms with Crippen molar-refractivity contribution in [3.63, 3.8) is 0 Å². The first kappa shape index (κ1) is 11.1. The Labute approximate surface area is 102 Å². The Morgan fingerprint density at radius 1 is 1.00 bits per heavy atom. The minimum Gasteiger partial charge on any atom is -0.290 e. The molecule has 1 aromatic carbocycles. The fraction of sp³-hybridized carbons (Fsp3) is 0. The van der Waals surface area contributed by atoms with Crippen molar-refractivity contribution in [1.82, 2.24) is 0 Å². The minimum absolute atomic E-state index is 0.222. The molecule has 0 amide bonds. The van der Waals surface area contributed by atoms with Gasteiger partial charge in [-0.25, -0.2) is 0 Å². The zero-order valence-corrected chi connectivity index (χ0v) is 9.55. The third-order valence-corrected chi connectivity index (χ3v) is 2.72. The summed E-state index contributed by atoms with van der Waals surface area (Å²) in [5, 5.41) is 0.842. The number of benzene rings is 1. The van der Waals surface area contributed by atoms with Gasteiger partial charge in [0.25, 0.3) is 0 Å². The molecule has 1 aliphatic rings. The molecule has 2 rings (SSSR count). The van der Waals surface area contributed by atoms with Crippen LogP contribution in [0.15, 0.2) is 36.4 Å². The quantitative estimate of drug-likeness (QED) is 0.720. The van der Waals surface area contributed by atoms with Gasteiger partial charge in [0.2, 0.25) is 0 Å². The van der Waals surface area contributed by atoms with Crippen molar-refractivity contribution in [2.75, 3.05) is 0 Å². The van der Waals surface area contributed by atoms with E-state index in [0.717, 1.165) is 0 Å². The van der Waals surface area contributed by atoms with E-state index >= 15 is 0 Å². The zero-order chi connectivity index (χ0) is 11.7. The van der Waals surface area contributed by atoms with Crippen molar-refractivity contribution >= 4 is 40.3 Å². The van der Waals surface area contributed by atoms with Crippen molar-refractivity contribution in [3.8, 4) is 0 Å². The Morgan fingerprint density at radius 3 is 2.44 bits per heavy atom. The minimum atomic E-state index is -0.233. The maximum Gasteiger partial charge on any atom is 0.186 e. The number of hydrogen-bond acceptors (Lipinski definition) is 2. The lowest BCUT2D eigenvalue weighted by atomic mass is 9.96. The highest BCUT2D eigenvalue weighted by Crippen LogP contribution is 2.28. The molecule has 0 aromatic heterocycles. The second kappa shape index (κ2) is 4.24. The molecule has 0 N–H and O–H groups in total. The molecular weight excluding hydrogens is 247 g/mol. The summed E-state index contributed by atoms with van der Waals surface area (Å²) >= 11 is 11.7. The van der Waals surface area contributed by atoms with E-state index in [1.165, 1.54) is 24.3 Å². The molecule has 0 saturated heterocycles. The second-order valence-electron chi connectivity index (χ2n) is 3.28. The average Bonchev–Trinajstić information content (AvgIpc) is 2.22. The molecular formula is C12H6Cl2O2. The number of allylic oxidation sites excluding steroid dienone is 4. The third kappa shape index (κ3) is 2.08. The van der Waals surface area contributed by atoms with E-state index in [-0.39, 0.29) is 11.6 Å². The van der Waals surface area contributed by atoms with Crippen LogP contribution >= 0.6 is 23.2 Å². The molecule has 0 unspecified atom stereocenters. The van der Waals surface area contributed by atoms with Gasteiger partial charge < -0.3 is 0 Å². The standard InChI is InChI=1S/C12H6Cl2O2/c13-7-1-3-9(11(14)5-7)10-6-8(15)2-4-12(10)16/h1-6H. The van der Waals surface area contributed by atoms with Crippen LogP contribution in [-0.4, -0.2) is 11.6 Å². The van der Waals surface area contributed by atoms with Gasteiger partial charge >= 0.3 is 0 Å². The molecule has 0 radical (unpaired) electrons. The van der Waals surface area contributed by atoms with Gasteiger partial charge in [0, 0.05) is 16.2 Å². The maximum absolute atomic E-state index is 11.6. The number of rotatable bonds is 1. The molecule has 1 aromatic rings. The van der Waals surface area contributed by atoms with Gasteiger partial charge in [0.1, 0.15) is 0 Å². The summed E-state index contributed by atoms with van der Waals surface area (Å²) < 4.78 is 0. The SMILES string of the molecule is O=C1C=CC(=O)C(c2ccc(Cl)cc2Cl)=C1. The van der Waals surface area contributed by atoms with E-state index in [9.17, 15) is 9.59 Å². The van der Waals surface area contributed by atoms with Crippen molar-refractivity contribution in [3.05, 3.63) is 52.0 Å². The topological polar surface area (TPSA) is 34.1 Å². The highest BCUT2D eigenvalue weighted by Gasteiger charge is 2.17. The van der Waals surface area contributed by atoms with Crippen LogP contribution in [0, 0.1) is 0 Å². The molecule has 0 spiro atoms. The number of carbonyl (C=O) groups is 2. The van der Waals surface area contributed by atoms with Crippen LogP contribution < -0.4 is 0 Å². The predicted octanol–water partition coefficient (Wildman–Crippen LogP) is 3.08. The summed E-state index contributed by atoms with van der Waals surface area (Å²) in [6, 6.07) is 4.79. The van der Waals surface area contributed by atoms with E-state index in [0.29, 0.717) is 21.2 Å². The zero-order valence-electron chi connectivity index (χ0n) is 8.04. The van der Waals surface area contributed by atoms with E-state index in [1.54, 1.807) is 12.1 Å². The molecule has 2 nitrogen and oxygen atoms in total. The van der Waals surface area contributed by atoms with Crippen LogP contribution in [0.3, 0.4) is 0 Å². The van der Waals surface area contributed by atoms with Gasteiger partial charge in [-0.3, -0.25) is 9.59 Å². The van der Waals surface area contributed by atoms with Crippen LogP contribution in [0.1, 0.15) is 5.56 Å².